The fourth-order valence-electron chi connectivity index (χ4n) is 1.81. The van der Waals surface area contributed by atoms with Crippen molar-refractivity contribution in [2.45, 2.75) is 31.2 Å². The molecule has 0 saturated heterocycles. The van der Waals surface area contributed by atoms with Crippen LogP contribution in [0.4, 0.5) is 0 Å². The van der Waals surface area contributed by atoms with Gasteiger partial charge in [-0.25, -0.2) is 4.79 Å². The van der Waals surface area contributed by atoms with Crippen molar-refractivity contribution >= 4 is 23.6 Å². The highest BCUT2D eigenvalue weighted by atomic mass is 32.2. The van der Waals surface area contributed by atoms with Gasteiger partial charge in [-0.1, -0.05) is 13.8 Å². The molecule has 110 valence electrons. The van der Waals surface area contributed by atoms with E-state index in [1.54, 1.807) is 23.9 Å². The minimum absolute atomic E-state index is 0.256. The van der Waals surface area contributed by atoms with Crippen molar-refractivity contribution in [1.82, 2.24) is 5.32 Å². The van der Waals surface area contributed by atoms with E-state index in [9.17, 15) is 9.59 Å². The van der Waals surface area contributed by atoms with Gasteiger partial charge in [0.05, 0.1) is 7.11 Å². The number of benzene rings is 1. The van der Waals surface area contributed by atoms with Gasteiger partial charge in [0.1, 0.15) is 6.04 Å². The number of esters is 1. The lowest BCUT2D eigenvalue weighted by Gasteiger charge is -2.18. The lowest BCUT2D eigenvalue weighted by Crippen LogP contribution is -2.42. The van der Waals surface area contributed by atoms with Crippen LogP contribution in [-0.2, 0) is 9.53 Å². The predicted molar refractivity (Wildman–Crippen MR) is 80.9 cm³/mol. The Morgan fingerprint density at radius 2 is 1.85 bits per heavy atom. The number of carbonyl (C=O) groups is 2. The quantitative estimate of drug-likeness (QED) is 0.647. The van der Waals surface area contributed by atoms with Crippen LogP contribution in [0.3, 0.4) is 0 Å². The monoisotopic (exact) mass is 295 g/mol. The molecule has 0 spiro atoms. The Morgan fingerprint density at radius 3 is 2.30 bits per heavy atom. The van der Waals surface area contributed by atoms with Crippen LogP contribution in [0.5, 0.6) is 0 Å². The van der Waals surface area contributed by atoms with Crippen molar-refractivity contribution in [3.8, 4) is 0 Å². The molecule has 0 aliphatic rings. The Labute approximate surface area is 124 Å². The van der Waals surface area contributed by atoms with Crippen molar-refractivity contribution in [3.05, 3.63) is 29.8 Å². The first-order valence-corrected chi connectivity index (χ1v) is 7.73. The third-order valence-corrected chi connectivity index (χ3v) is 3.59. The standard InChI is InChI=1S/C15H21NO3S/c1-10(2)9-13(15(18)19-3)16-14(17)11-5-7-12(20-4)8-6-11/h5-8,10,13H,9H2,1-4H3,(H,16,17). The number of nitrogens with one attached hydrogen (secondary N) is 1. The number of hydrogen-bond donors (Lipinski definition) is 1. The average molecular weight is 295 g/mol. The Balaban J connectivity index is 2.76. The summed E-state index contributed by atoms with van der Waals surface area (Å²) in [4.78, 5) is 24.9. The van der Waals surface area contributed by atoms with Crippen LogP contribution in [0.2, 0.25) is 0 Å². The van der Waals surface area contributed by atoms with E-state index >= 15 is 0 Å². The normalized spacial score (nSPS) is 12.1. The second kappa shape index (κ2) is 7.94. The summed E-state index contributed by atoms with van der Waals surface area (Å²) in [7, 11) is 1.33. The van der Waals surface area contributed by atoms with Gasteiger partial charge in [-0.15, -0.1) is 11.8 Å². The summed E-state index contributed by atoms with van der Waals surface area (Å²) in [6.07, 6.45) is 2.53. The van der Waals surface area contributed by atoms with Gasteiger partial charge in [0.2, 0.25) is 0 Å². The van der Waals surface area contributed by atoms with E-state index in [1.807, 2.05) is 32.2 Å². The number of rotatable bonds is 6. The first-order chi connectivity index (χ1) is 9.47. The number of methoxy groups -OCH3 is 1. The van der Waals surface area contributed by atoms with Gasteiger partial charge in [-0.2, -0.15) is 0 Å². The molecule has 5 heteroatoms. The second-order valence-electron chi connectivity index (χ2n) is 4.91. The summed E-state index contributed by atoms with van der Waals surface area (Å²) in [5.41, 5.74) is 0.542. The second-order valence-corrected chi connectivity index (χ2v) is 5.79. The first kappa shape index (κ1) is 16.6. The fraction of sp³-hybridized carbons (Fsp3) is 0.467. The highest BCUT2D eigenvalue weighted by Gasteiger charge is 2.23. The van der Waals surface area contributed by atoms with Crippen LogP contribution in [0.15, 0.2) is 29.2 Å². The summed E-state index contributed by atoms with van der Waals surface area (Å²) in [5, 5.41) is 2.73. The van der Waals surface area contributed by atoms with Crippen molar-refractivity contribution in [1.29, 1.82) is 0 Å². The van der Waals surface area contributed by atoms with Gasteiger partial charge in [-0.3, -0.25) is 4.79 Å². The molecule has 1 amide bonds. The van der Waals surface area contributed by atoms with Crippen LogP contribution < -0.4 is 5.32 Å². The lowest BCUT2D eigenvalue weighted by molar-refractivity contribution is -0.143. The average Bonchev–Trinajstić information content (AvgIpc) is 2.45. The van der Waals surface area contributed by atoms with Crippen LogP contribution in [-0.4, -0.2) is 31.3 Å². The van der Waals surface area contributed by atoms with E-state index in [0.29, 0.717) is 17.9 Å². The molecule has 0 saturated carbocycles. The zero-order valence-corrected chi connectivity index (χ0v) is 13.1. The first-order valence-electron chi connectivity index (χ1n) is 6.50. The van der Waals surface area contributed by atoms with E-state index in [-0.39, 0.29) is 5.91 Å². The van der Waals surface area contributed by atoms with Gasteiger partial charge >= 0.3 is 5.97 Å². The molecular weight excluding hydrogens is 274 g/mol. The predicted octanol–water partition coefficient (Wildman–Crippen LogP) is 2.73. The van der Waals surface area contributed by atoms with E-state index in [4.69, 9.17) is 4.74 Å². The lowest BCUT2D eigenvalue weighted by atomic mass is 10.0. The van der Waals surface area contributed by atoms with Gasteiger partial charge in [0.15, 0.2) is 0 Å². The molecular formula is C15H21NO3S. The Kier molecular flexibility index (Phi) is 6.58. The third-order valence-electron chi connectivity index (χ3n) is 2.85. The number of thioether (sulfide) groups is 1. The molecule has 0 bridgehead atoms. The Morgan fingerprint density at radius 1 is 1.25 bits per heavy atom. The number of amides is 1. The van der Waals surface area contributed by atoms with Crippen LogP contribution in [0, 0.1) is 5.92 Å². The summed E-state index contributed by atoms with van der Waals surface area (Å²) in [6, 6.07) is 6.67. The minimum Gasteiger partial charge on any atom is -0.467 e. The van der Waals surface area contributed by atoms with Gasteiger partial charge in [0.25, 0.3) is 5.91 Å². The maximum Gasteiger partial charge on any atom is 0.328 e. The molecule has 4 nitrogen and oxygen atoms in total. The maximum absolute atomic E-state index is 12.1. The van der Waals surface area contributed by atoms with Crippen LogP contribution in [0.1, 0.15) is 30.6 Å². The molecule has 0 radical (unpaired) electrons. The molecule has 0 aliphatic heterocycles. The van der Waals surface area contributed by atoms with Crippen molar-refractivity contribution in [3.63, 3.8) is 0 Å². The summed E-state index contributed by atoms with van der Waals surface area (Å²) < 4.78 is 4.73. The summed E-state index contributed by atoms with van der Waals surface area (Å²) >= 11 is 1.61. The molecule has 0 fully saturated rings. The van der Waals surface area contributed by atoms with E-state index in [2.05, 4.69) is 5.32 Å². The summed E-state index contributed by atoms with van der Waals surface area (Å²) in [5.74, 6) is -0.375. The number of ether oxygens (including phenoxy) is 1. The highest BCUT2D eigenvalue weighted by Crippen LogP contribution is 2.15. The molecule has 1 aromatic carbocycles. The van der Waals surface area contributed by atoms with Crippen molar-refractivity contribution in [2.24, 2.45) is 5.92 Å². The SMILES string of the molecule is COC(=O)C(CC(C)C)NC(=O)c1ccc(SC)cc1. The molecule has 1 unspecified atom stereocenters. The van der Waals surface area contributed by atoms with Gasteiger partial charge in [0, 0.05) is 10.5 Å². The molecule has 0 heterocycles. The largest absolute Gasteiger partial charge is 0.467 e. The molecule has 0 aromatic heterocycles. The van der Waals surface area contributed by atoms with Crippen LogP contribution >= 0.6 is 11.8 Å². The van der Waals surface area contributed by atoms with Crippen LogP contribution in [0.25, 0.3) is 0 Å². The molecule has 1 aromatic rings. The van der Waals surface area contributed by atoms with E-state index in [1.165, 1.54) is 7.11 Å². The molecule has 1 rings (SSSR count). The topological polar surface area (TPSA) is 55.4 Å². The fourth-order valence-corrected chi connectivity index (χ4v) is 2.22. The van der Waals surface area contributed by atoms with Gasteiger partial charge in [-0.05, 0) is 42.9 Å². The molecule has 0 aliphatic carbocycles. The molecule has 1 atom stereocenters. The van der Waals surface area contributed by atoms with Crippen molar-refractivity contribution in [2.75, 3.05) is 13.4 Å². The minimum atomic E-state index is -0.604. The molecule has 20 heavy (non-hydrogen) atoms. The maximum atomic E-state index is 12.1. The van der Waals surface area contributed by atoms with Gasteiger partial charge < -0.3 is 10.1 Å². The molecule has 1 N–H and O–H groups in total. The number of hydrogen-bond acceptors (Lipinski definition) is 4. The smallest absolute Gasteiger partial charge is 0.328 e. The van der Waals surface area contributed by atoms with E-state index < -0.39 is 12.0 Å². The van der Waals surface area contributed by atoms with Crippen molar-refractivity contribution < 1.29 is 14.3 Å². The number of carbonyl (C=O) groups excluding carboxylic acids is 2. The highest BCUT2D eigenvalue weighted by molar-refractivity contribution is 7.98. The Hall–Kier alpha value is -1.49. The summed E-state index contributed by atoms with van der Waals surface area (Å²) in [6.45, 7) is 3.99. The van der Waals surface area contributed by atoms with E-state index in [0.717, 1.165) is 4.90 Å². The Bertz CT molecular complexity index is 457. The zero-order valence-electron chi connectivity index (χ0n) is 12.3. The third kappa shape index (κ3) is 4.89. The zero-order chi connectivity index (χ0) is 15.1.